The van der Waals surface area contributed by atoms with Crippen molar-refractivity contribution in [3.05, 3.63) is 57.6 Å². The van der Waals surface area contributed by atoms with Crippen molar-refractivity contribution in [2.45, 2.75) is 38.2 Å². The summed E-state index contributed by atoms with van der Waals surface area (Å²) < 4.78 is 0. The normalized spacial score (nSPS) is 26.1. The molecule has 180 valence electrons. The van der Waals surface area contributed by atoms with Gasteiger partial charge in [0.25, 0.3) is 5.91 Å². The van der Waals surface area contributed by atoms with Crippen LogP contribution < -0.4 is 10.6 Å². The van der Waals surface area contributed by atoms with Gasteiger partial charge in [-0.3, -0.25) is 14.4 Å². The number of amides is 1. The number of aliphatic hydroxyl groups is 3. The van der Waals surface area contributed by atoms with Crippen molar-refractivity contribution in [3.8, 4) is 5.75 Å². The van der Waals surface area contributed by atoms with Crippen LogP contribution in [0.2, 0.25) is 0 Å². The maximum atomic E-state index is 13.7. The minimum atomic E-state index is -2.17. The van der Waals surface area contributed by atoms with E-state index >= 15 is 0 Å². The third kappa shape index (κ3) is 3.00. The van der Waals surface area contributed by atoms with Gasteiger partial charge < -0.3 is 31.1 Å². The highest BCUT2D eigenvalue weighted by molar-refractivity contribution is 6.16. The molecule has 0 aromatic heterocycles. The molecule has 6 N–H and O–H groups in total. The van der Waals surface area contributed by atoms with Gasteiger partial charge in [-0.1, -0.05) is 13.5 Å². The van der Waals surface area contributed by atoms with E-state index in [1.54, 1.807) is 32.0 Å². The van der Waals surface area contributed by atoms with E-state index in [4.69, 9.17) is 5.73 Å². The Hall–Kier alpha value is -3.59. The minimum absolute atomic E-state index is 0.00943. The number of aliphatic hydroxyl groups excluding tert-OH is 2. The summed E-state index contributed by atoms with van der Waals surface area (Å²) in [4.78, 5) is 39.8. The quantitative estimate of drug-likeness (QED) is 0.420. The van der Waals surface area contributed by atoms with Crippen LogP contribution in [0.4, 0.5) is 5.69 Å². The SMILES string of the molecule is C=C1C(C(N)=O)=C(O)C[C@@H]2C[C@@H]3Cc4c(N(C)C)cc(C(=O)CC)c(O)c4C(=O)C3=C(O)[C@]12O. The van der Waals surface area contributed by atoms with Crippen molar-refractivity contribution in [1.29, 1.82) is 0 Å². The molecule has 4 rings (SSSR count). The molecule has 9 nitrogen and oxygen atoms in total. The van der Waals surface area contributed by atoms with E-state index in [1.165, 1.54) is 0 Å². The summed E-state index contributed by atoms with van der Waals surface area (Å²) in [6, 6.07) is 1.57. The summed E-state index contributed by atoms with van der Waals surface area (Å²) in [5.74, 6) is -4.76. The molecular formula is C25H28N2O7. The van der Waals surface area contributed by atoms with Gasteiger partial charge in [-0.05, 0) is 30.4 Å². The van der Waals surface area contributed by atoms with Crippen molar-refractivity contribution >= 4 is 23.2 Å². The van der Waals surface area contributed by atoms with Crippen molar-refractivity contribution in [2.75, 3.05) is 19.0 Å². The molecular weight excluding hydrogens is 440 g/mol. The van der Waals surface area contributed by atoms with Gasteiger partial charge in [-0.15, -0.1) is 0 Å². The van der Waals surface area contributed by atoms with Crippen molar-refractivity contribution in [1.82, 2.24) is 0 Å². The number of allylic oxidation sites excluding steroid dienone is 2. The Kier molecular flexibility index (Phi) is 5.36. The number of phenolic OH excluding ortho intramolecular Hbond substituents is 1. The highest BCUT2D eigenvalue weighted by Gasteiger charge is 2.56. The van der Waals surface area contributed by atoms with Crippen LogP contribution in [0.15, 0.2) is 40.9 Å². The van der Waals surface area contributed by atoms with Crippen LogP contribution in [0.1, 0.15) is 52.5 Å². The molecule has 1 amide bonds. The van der Waals surface area contributed by atoms with Gasteiger partial charge in [0.05, 0.1) is 16.7 Å². The van der Waals surface area contributed by atoms with Gasteiger partial charge >= 0.3 is 0 Å². The molecule has 0 heterocycles. The second-order valence-corrected chi connectivity index (χ2v) is 9.38. The topological polar surface area (TPSA) is 161 Å². The van der Waals surface area contributed by atoms with Crippen LogP contribution in [-0.4, -0.2) is 57.6 Å². The molecule has 0 saturated heterocycles. The maximum Gasteiger partial charge on any atom is 0.252 e. The van der Waals surface area contributed by atoms with E-state index in [9.17, 15) is 34.8 Å². The van der Waals surface area contributed by atoms with Gasteiger partial charge in [-0.25, -0.2) is 0 Å². The van der Waals surface area contributed by atoms with E-state index in [0.717, 1.165) is 0 Å². The van der Waals surface area contributed by atoms with E-state index in [0.29, 0.717) is 11.3 Å². The summed E-state index contributed by atoms with van der Waals surface area (Å²) >= 11 is 0. The van der Waals surface area contributed by atoms with Gasteiger partial charge in [0.2, 0.25) is 0 Å². The number of aromatic hydroxyl groups is 1. The van der Waals surface area contributed by atoms with Crippen LogP contribution in [0.25, 0.3) is 0 Å². The molecule has 9 heteroatoms. The maximum absolute atomic E-state index is 13.7. The molecule has 0 aliphatic heterocycles. The van der Waals surface area contributed by atoms with E-state index < -0.39 is 40.6 Å². The molecule has 0 fully saturated rings. The zero-order valence-electron chi connectivity index (χ0n) is 19.3. The predicted molar refractivity (Wildman–Crippen MR) is 124 cm³/mol. The van der Waals surface area contributed by atoms with Gasteiger partial charge in [-0.2, -0.15) is 0 Å². The monoisotopic (exact) mass is 468 g/mol. The number of hydrogen-bond donors (Lipinski definition) is 5. The third-order valence-corrected chi connectivity index (χ3v) is 7.33. The molecule has 0 bridgehead atoms. The second kappa shape index (κ2) is 7.73. The Morgan fingerprint density at radius 3 is 2.44 bits per heavy atom. The van der Waals surface area contributed by atoms with Gasteiger partial charge in [0, 0.05) is 49.7 Å². The molecule has 3 aliphatic carbocycles. The zero-order valence-corrected chi connectivity index (χ0v) is 19.3. The highest BCUT2D eigenvalue weighted by atomic mass is 16.3. The average Bonchev–Trinajstić information content (AvgIpc) is 2.75. The number of hydrogen-bond acceptors (Lipinski definition) is 8. The lowest BCUT2D eigenvalue weighted by molar-refractivity contribution is -0.115. The fourth-order valence-electron chi connectivity index (χ4n) is 5.65. The number of ketones is 2. The van der Waals surface area contributed by atoms with E-state index in [1.807, 2.05) is 0 Å². The first-order valence-electron chi connectivity index (χ1n) is 11.1. The number of nitrogens with two attached hydrogens (primary N) is 1. The van der Waals surface area contributed by atoms with Crippen LogP contribution in [-0.2, 0) is 11.2 Å². The van der Waals surface area contributed by atoms with Crippen LogP contribution >= 0.6 is 0 Å². The molecule has 0 radical (unpaired) electrons. The first-order chi connectivity index (χ1) is 15.9. The number of fused-ring (bicyclic) bond motifs is 3. The number of primary amides is 1. The lowest BCUT2D eigenvalue weighted by Gasteiger charge is -2.48. The minimum Gasteiger partial charge on any atom is -0.511 e. The van der Waals surface area contributed by atoms with E-state index in [-0.39, 0.29) is 65.1 Å². The lowest BCUT2D eigenvalue weighted by Crippen LogP contribution is -2.52. The Morgan fingerprint density at radius 1 is 1.24 bits per heavy atom. The first kappa shape index (κ1) is 23.6. The van der Waals surface area contributed by atoms with Crippen molar-refractivity contribution in [2.24, 2.45) is 17.6 Å². The number of phenols is 1. The molecule has 0 spiro atoms. The van der Waals surface area contributed by atoms with Crippen LogP contribution in [0, 0.1) is 11.8 Å². The van der Waals surface area contributed by atoms with E-state index in [2.05, 4.69) is 6.58 Å². The predicted octanol–water partition coefficient (Wildman–Crippen LogP) is 2.23. The number of carbonyl (C=O) groups is 3. The molecule has 34 heavy (non-hydrogen) atoms. The Bertz CT molecular complexity index is 1240. The number of anilines is 1. The lowest BCUT2D eigenvalue weighted by atomic mass is 9.59. The average molecular weight is 469 g/mol. The highest BCUT2D eigenvalue weighted by Crippen LogP contribution is 2.55. The number of carbonyl (C=O) groups excluding carboxylic acids is 3. The molecule has 0 saturated carbocycles. The first-order valence-corrected chi connectivity index (χ1v) is 11.1. The summed E-state index contributed by atoms with van der Waals surface area (Å²) in [6.07, 6.45) is 0.461. The second-order valence-electron chi connectivity index (χ2n) is 9.38. The zero-order chi connectivity index (χ0) is 25.3. The Labute approximate surface area is 196 Å². The number of nitrogens with zero attached hydrogens (tertiary/aromatic N) is 1. The molecule has 1 aromatic rings. The summed E-state index contributed by atoms with van der Waals surface area (Å²) in [6.45, 7) is 5.36. The van der Waals surface area contributed by atoms with Crippen LogP contribution in [0.5, 0.6) is 5.75 Å². The fraction of sp³-hybridized carbons (Fsp3) is 0.400. The standard InChI is InChI=1S/C25H28N2O7/c1-5-16(28)14-9-15(27(3)4)13-7-11-6-12-8-17(29)18(24(26)33)10(2)25(12,34)23(32)19(11)22(31)20(13)21(14)30/h9,11-12,29-30,32,34H,2,5-8H2,1,3-4H3,(H2,26,33)/t11-,12+,25+/m1/s1. The van der Waals surface area contributed by atoms with Crippen molar-refractivity contribution in [3.63, 3.8) is 0 Å². The number of benzene rings is 1. The largest absolute Gasteiger partial charge is 0.511 e. The molecule has 0 unspecified atom stereocenters. The van der Waals surface area contributed by atoms with Gasteiger partial charge in [0.15, 0.2) is 17.2 Å². The summed E-state index contributed by atoms with van der Waals surface area (Å²) in [7, 11) is 3.53. The fourth-order valence-corrected chi connectivity index (χ4v) is 5.65. The summed E-state index contributed by atoms with van der Waals surface area (Å²) in [5.41, 5.74) is 3.50. The van der Waals surface area contributed by atoms with Gasteiger partial charge in [0.1, 0.15) is 17.3 Å². The number of rotatable bonds is 4. The smallest absolute Gasteiger partial charge is 0.252 e. The molecule has 3 aliphatic rings. The number of Topliss-reactive ketones (excluding diaryl/α,β-unsaturated/α-hetero) is 2. The Morgan fingerprint density at radius 2 is 1.88 bits per heavy atom. The van der Waals surface area contributed by atoms with Crippen molar-refractivity contribution < 1.29 is 34.8 Å². The third-order valence-electron chi connectivity index (χ3n) is 7.33. The Balaban J connectivity index is 1.96. The summed E-state index contributed by atoms with van der Waals surface area (Å²) in [5, 5.41) is 44.1. The molecule has 1 aromatic carbocycles. The molecule has 3 atom stereocenters. The van der Waals surface area contributed by atoms with Crippen LogP contribution in [0.3, 0.4) is 0 Å².